The van der Waals surface area contributed by atoms with Crippen molar-refractivity contribution in [1.29, 1.82) is 0 Å². The fraction of sp³-hybridized carbons (Fsp3) is 0. The van der Waals surface area contributed by atoms with Gasteiger partial charge in [-0.25, -0.2) is 9.61 Å². The van der Waals surface area contributed by atoms with Gasteiger partial charge >= 0.3 is 0 Å². The van der Waals surface area contributed by atoms with Gasteiger partial charge < -0.3 is 0 Å². The molecule has 0 saturated heterocycles. The number of fused-ring (bicyclic) bond motifs is 1. The molecule has 2 rings (SSSR count). The van der Waals surface area contributed by atoms with Crippen LogP contribution in [0.1, 0.15) is 0 Å². The van der Waals surface area contributed by atoms with Crippen molar-refractivity contribution in [2.24, 2.45) is 0 Å². The fourth-order valence-corrected chi connectivity index (χ4v) is 0.965. The lowest BCUT2D eigenvalue weighted by molar-refractivity contribution is 0.315. The average molecular weight is 190 g/mol. The van der Waals surface area contributed by atoms with E-state index in [9.17, 15) is 0 Å². The molecule has 0 atom stereocenters. The Kier molecular flexibility index (Phi) is 1.44. The zero-order valence-electron chi connectivity index (χ0n) is 5.08. The molecule has 0 aliphatic heterocycles. The van der Waals surface area contributed by atoms with Gasteiger partial charge in [0.2, 0.25) is 5.65 Å². The molecule has 0 aromatic carbocycles. The van der Waals surface area contributed by atoms with Crippen LogP contribution >= 0.6 is 23.2 Å². The molecule has 0 saturated carbocycles. The van der Waals surface area contributed by atoms with Gasteiger partial charge in [0.15, 0.2) is 5.52 Å². The van der Waals surface area contributed by atoms with Gasteiger partial charge in [-0.15, -0.1) is 0 Å². The maximum Gasteiger partial charge on any atom is 0.225 e. The molecule has 0 aliphatic carbocycles. The molecule has 0 N–H and O–H groups in total. The Morgan fingerprint density at radius 2 is 2.09 bits per heavy atom. The summed E-state index contributed by atoms with van der Waals surface area (Å²) in [4.78, 5) is 3.80. The van der Waals surface area contributed by atoms with Crippen LogP contribution in [0.25, 0.3) is 11.2 Å². The Balaban J connectivity index is 2.86. The Hall–Kier alpha value is -0.870. The molecule has 11 heavy (non-hydrogen) atoms. The lowest BCUT2D eigenvalue weighted by atomic mass is 10.4. The zero-order valence-corrected chi connectivity index (χ0v) is 6.60. The van der Waals surface area contributed by atoms with E-state index in [1.165, 1.54) is 0 Å². The summed E-state index contributed by atoms with van der Waals surface area (Å²) in [6.07, 6.45) is 0. The molecule has 0 radical (unpaired) electrons. The van der Waals surface area contributed by atoms with Crippen LogP contribution in [0.3, 0.4) is 0 Å². The van der Waals surface area contributed by atoms with E-state index in [4.69, 9.17) is 23.2 Å². The van der Waals surface area contributed by atoms with Crippen LogP contribution in [0, 0.1) is 0 Å². The summed E-state index contributed by atoms with van der Waals surface area (Å²) >= 11 is 11.2. The highest BCUT2D eigenvalue weighted by atomic mass is 35.5. The molecular weight excluding hydrogens is 189 g/mol. The normalized spacial score (nSPS) is 10.7. The Morgan fingerprint density at radius 1 is 1.27 bits per heavy atom. The molecule has 0 unspecified atom stereocenters. The van der Waals surface area contributed by atoms with E-state index in [1.807, 2.05) is 0 Å². The van der Waals surface area contributed by atoms with E-state index >= 15 is 0 Å². The van der Waals surface area contributed by atoms with Gasteiger partial charge in [0.25, 0.3) is 0 Å². The van der Waals surface area contributed by atoms with E-state index in [1.54, 1.807) is 6.07 Å². The van der Waals surface area contributed by atoms with E-state index in [-0.39, 0.29) is 5.15 Å². The first-order valence-corrected chi connectivity index (χ1v) is 3.47. The van der Waals surface area contributed by atoms with Crippen LogP contribution < -0.4 is 0 Å². The SMILES string of the molecule is Clc1cc2nonc2nc1Cl. The Morgan fingerprint density at radius 3 is 2.91 bits per heavy atom. The summed E-state index contributed by atoms with van der Waals surface area (Å²) in [6.45, 7) is 0. The largest absolute Gasteiger partial charge is 0.242 e. The molecule has 2 aromatic heterocycles. The van der Waals surface area contributed by atoms with Crippen molar-refractivity contribution in [3.05, 3.63) is 16.2 Å². The number of pyridine rings is 1. The molecule has 0 spiro atoms. The monoisotopic (exact) mass is 189 g/mol. The Bertz CT molecular complexity index is 364. The summed E-state index contributed by atoms with van der Waals surface area (Å²) in [5.41, 5.74) is 0.860. The molecule has 0 bridgehead atoms. The maximum atomic E-state index is 5.64. The summed E-state index contributed by atoms with van der Waals surface area (Å²) in [7, 11) is 0. The standard InChI is InChI=1S/C5HCl2N3O/c6-2-1-3-5(8-4(2)7)10-11-9-3/h1H. The highest BCUT2D eigenvalue weighted by Crippen LogP contribution is 2.22. The molecule has 2 aromatic rings. The minimum Gasteiger partial charge on any atom is -0.242 e. The summed E-state index contributed by atoms with van der Waals surface area (Å²) in [5, 5.41) is 7.56. The second-order valence-corrected chi connectivity index (χ2v) is 2.63. The molecule has 6 heteroatoms. The van der Waals surface area contributed by atoms with Crippen molar-refractivity contribution in [2.45, 2.75) is 0 Å². The van der Waals surface area contributed by atoms with E-state index in [2.05, 4.69) is 19.9 Å². The lowest BCUT2D eigenvalue weighted by Crippen LogP contribution is -1.78. The van der Waals surface area contributed by atoms with Gasteiger partial charge in [-0.1, -0.05) is 23.2 Å². The van der Waals surface area contributed by atoms with Crippen LogP contribution in [0.2, 0.25) is 10.2 Å². The van der Waals surface area contributed by atoms with Gasteiger partial charge in [0.1, 0.15) is 5.15 Å². The van der Waals surface area contributed by atoms with E-state index < -0.39 is 0 Å². The predicted molar refractivity (Wildman–Crippen MR) is 39.6 cm³/mol. The highest BCUT2D eigenvalue weighted by molar-refractivity contribution is 6.41. The molecule has 56 valence electrons. The minimum atomic E-state index is 0.204. The van der Waals surface area contributed by atoms with Crippen molar-refractivity contribution in [1.82, 2.24) is 15.3 Å². The van der Waals surface area contributed by atoms with Crippen molar-refractivity contribution in [2.75, 3.05) is 0 Å². The van der Waals surface area contributed by atoms with Gasteiger partial charge in [0.05, 0.1) is 5.02 Å². The number of hydrogen-bond acceptors (Lipinski definition) is 4. The molecule has 0 fully saturated rings. The van der Waals surface area contributed by atoms with Gasteiger partial charge in [0, 0.05) is 0 Å². The quantitative estimate of drug-likeness (QED) is 0.595. The molecular formula is C5HCl2N3O. The predicted octanol–water partition coefficient (Wildman–Crippen LogP) is 1.92. The van der Waals surface area contributed by atoms with E-state index in [0.717, 1.165) is 0 Å². The molecule has 0 amide bonds. The fourth-order valence-electron chi connectivity index (χ4n) is 0.685. The Labute approximate surface area is 71.1 Å². The summed E-state index contributed by atoms with van der Waals surface area (Å²) in [6, 6.07) is 1.54. The third kappa shape index (κ3) is 1.04. The smallest absolute Gasteiger partial charge is 0.225 e. The summed E-state index contributed by atoms with van der Waals surface area (Å²) in [5.74, 6) is 0. The van der Waals surface area contributed by atoms with Crippen molar-refractivity contribution >= 4 is 34.4 Å². The first-order valence-electron chi connectivity index (χ1n) is 2.71. The number of hydrogen-bond donors (Lipinski definition) is 0. The third-order valence-corrected chi connectivity index (χ3v) is 1.83. The van der Waals surface area contributed by atoms with Crippen LogP contribution in [-0.2, 0) is 0 Å². The number of nitrogens with zero attached hydrogens (tertiary/aromatic N) is 3. The van der Waals surface area contributed by atoms with Crippen LogP contribution in [-0.4, -0.2) is 15.3 Å². The van der Waals surface area contributed by atoms with E-state index in [0.29, 0.717) is 16.2 Å². The highest BCUT2D eigenvalue weighted by Gasteiger charge is 2.05. The molecule has 2 heterocycles. The summed E-state index contributed by atoms with van der Waals surface area (Å²) < 4.78 is 4.40. The van der Waals surface area contributed by atoms with Crippen molar-refractivity contribution < 1.29 is 4.63 Å². The second-order valence-electron chi connectivity index (χ2n) is 1.87. The first kappa shape index (κ1) is 6.82. The van der Waals surface area contributed by atoms with Gasteiger partial charge in [-0.05, 0) is 16.4 Å². The molecule has 4 nitrogen and oxygen atoms in total. The van der Waals surface area contributed by atoms with Gasteiger partial charge in [-0.2, -0.15) is 0 Å². The topological polar surface area (TPSA) is 51.8 Å². The first-order chi connectivity index (χ1) is 5.27. The molecule has 0 aliphatic rings. The average Bonchev–Trinajstić information content (AvgIpc) is 2.36. The number of aromatic nitrogens is 3. The van der Waals surface area contributed by atoms with Crippen molar-refractivity contribution in [3.63, 3.8) is 0 Å². The third-order valence-electron chi connectivity index (χ3n) is 1.16. The number of rotatable bonds is 0. The zero-order chi connectivity index (χ0) is 7.84. The lowest BCUT2D eigenvalue weighted by Gasteiger charge is -1.89. The number of halogens is 2. The van der Waals surface area contributed by atoms with Crippen LogP contribution in [0.4, 0.5) is 0 Å². The van der Waals surface area contributed by atoms with Crippen LogP contribution in [0.15, 0.2) is 10.7 Å². The second kappa shape index (κ2) is 2.32. The van der Waals surface area contributed by atoms with Crippen LogP contribution in [0.5, 0.6) is 0 Å². The van der Waals surface area contributed by atoms with Crippen molar-refractivity contribution in [3.8, 4) is 0 Å². The minimum absolute atomic E-state index is 0.204. The maximum absolute atomic E-state index is 5.64. The van der Waals surface area contributed by atoms with Gasteiger partial charge in [-0.3, -0.25) is 0 Å².